The number of likely N-dealkylation sites (tertiary alicyclic amines) is 1. The minimum atomic E-state index is 0.380. The summed E-state index contributed by atoms with van der Waals surface area (Å²) in [6.45, 7) is 8.27. The van der Waals surface area contributed by atoms with Crippen LogP contribution < -0.4 is 5.73 Å². The van der Waals surface area contributed by atoms with Gasteiger partial charge in [-0.1, -0.05) is 33.1 Å². The summed E-state index contributed by atoms with van der Waals surface area (Å²) >= 11 is 0. The van der Waals surface area contributed by atoms with E-state index in [1.807, 2.05) is 0 Å². The zero-order valence-corrected chi connectivity index (χ0v) is 13.7. The number of piperidine rings is 1. The zero-order valence-electron chi connectivity index (χ0n) is 13.7. The van der Waals surface area contributed by atoms with Gasteiger partial charge in [-0.25, -0.2) is 0 Å². The van der Waals surface area contributed by atoms with Crippen molar-refractivity contribution < 1.29 is 0 Å². The highest BCUT2D eigenvalue weighted by atomic mass is 15.2. The Kier molecular flexibility index (Phi) is 4.16. The lowest BCUT2D eigenvalue weighted by Gasteiger charge is -2.58. The van der Waals surface area contributed by atoms with Gasteiger partial charge in [0.25, 0.3) is 0 Å². The van der Waals surface area contributed by atoms with Crippen molar-refractivity contribution in [3.63, 3.8) is 0 Å². The summed E-state index contributed by atoms with van der Waals surface area (Å²) in [5.74, 6) is 1.76. The average Bonchev–Trinajstić information content (AvgIpc) is 2.41. The Morgan fingerprint density at radius 1 is 1.00 bits per heavy atom. The molecule has 0 atom stereocenters. The number of nitrogens with zero attached hydrogens (tertiary/aromatic N) is 1. The molecule has 1 aliphatic heterocycles. The van der Waals surface area contributed by atoms with Gasteiger partial charge in [0, 0.05) is 12.1 Å². The molecule has 116 valence electrons. The Morgan fingerprint density at radius 3 is 2.10 bits per heavy atom. The Morgan fingerprint density at radius 2 is 1.60 bits per heavy atom. The molecule has 3 aliphatic rings. The molecular weight excluding hydrogens is 244 g/mol. The van der Waals surface area contributed by atoms with E-state index >= 15 is 0 Å². The van der Waals surface area contributed by atoms with Crippen LogP contribution in [0.4, 0.5) is 0 Å². The predicted molar refractivity (Wildman–Crippen MR) is 85.7 cm³/mol. The summed E-state index contributed by atoms with van der Waals surface area (Å²) < 4.78 is 0. The topological polar surface area (TPSA) is 29.3 Å². The van der Waals surface area contributed by atoms with Crippen LogP contribution in [0, 0.1) is 17.3 Å². The minimum absolute atomic E-state index is 0.380. The molecule has 0 unspecified atom stereocenters. The van der Waals surface area contributed by atoms with Crippen molar-refractivity contribution in [2.24, 2.45) is 23.0 Å². The van der Waals surface area contributed by atoms with Gasteiger partial charge >= 0.3 is 0 Å². The van der Waals surface area contributed by atoms with Gasteiger partial charge in [0.15, 0.2) is 0 Å². The monoisotopic (exact) mass is 278 g/mol. The molecule has 0 aromatic carbocycles. The normalized spacial score (nSPS) is 38.1. The summed E-state index contributed by atoms with van der Waals surface area (Å²) in [5, 5.41) is 0. The highest BCUT2D eigenvalue weighted by Crippen LogP contribution is 2.50. The third kappa shape index (κ3) is 2.54. The molecule has 3 fully saturated rings. The molecule has 0 bridgehead atoms. The van der Waals surface area contributed by atoms with E-state index in [1.165, 1.54) is 70.9 Å². The molecule has 0 aromatic rings. The van der Waals surface area contributed by atoms with Gasteiger partial charge in [-0.05, 0) is 68.9 Å². The molecule has 1 spiro atoms. The van der Waals surface area contributed by atoms with Crippen molar-refractivity contribution >= 4 is 0 Å². The fraction of sp³-hybridized carbons (Fsp3) is 1.00. The van der Waals surface area contributed by atoms with E-state index in [0.717, 1.165) is 23.8 Å². The van der Waals surface area contributed by atoms with E-state index in [2.05, 4.69) is 18.7 Å². The Hall–Kier alpha value is -0.0800. The van der Waals surface area contributed by atoms with Crippen LogP contribution in [-0.2, 0) is 0 Å². The number of hydrogen-bond acceptors (Lipinski definition) is 2. The Labute approximate surface area is 125 Å². The predicted octanol–water partition coefficient (Wildman–Crippen LogP) is 3.80. The summed E-state index contributed by atoms with van der Waals surface area (Å²) in [7, 11) is 0. The molecule has 2 nitrogen and oxygen atoms in total. The van der Waals surface area contributed by atoms with Gasteiger partial charge in [0.2, 0.25) is 0 Å². The van der Waals surface area contributed by atoms with Gasteiger partial charge in [-0.3, -0.25) is 4.90 Å². The van der Waals surface area contributed by atoms with E-state index in [0.29, 0.717) is 5.54 Å². The van der Waals surface area contributed by atoms with Crippen molar-refractivity contribution in [2.45, 2.75) is 77.2 Å². The first-order valence-electron chi connectivity index (χ1n) is 9.04. The maximum absolute atomic E-state index is 6.19. The summed E-state index contributed by atoms with van der Waals surface area (Å²) in [6, 6.07) is 0. The molecule has 3 rings (SSSR count). The molecule has 2 aliphatic carbocycles. The molecule has 2 N–H and O–H groups in total. The first-order valence-corrected chi connectivity index (χ1v) is 9.04. The lowest BCUT2D eigenvalue weighted by molar-refractivity contribution is -0.0699. The van der Waals surface area contributed by atoms with Crippen LogP contribution in [0.1, 0.15) is 71.6 Å². The van der Waals surface area contributed by atoms with E-state index in [-0.39, 0.29) is 0 Å². The molecule has 0 amide bonds. The molecule has 20 heavy (non-hydrogen) atoms. The van der Waals surface area contributed by atoms with Crippen molar-refractivity contribution in [1.29, 1.82) is 0 Å². The van der Waals surface area contributed by atoms with Crippen molar-refractivity contribution in [3.05, 3.63) is 0 Å². The maximum atomic E-state index is 6.19. The molecular formula is C18H34N2. The smallest absolute Gasteiger partial charge is 0.0337 e. The summed E-state index contributed by atoms with van der Waals surface area (Å²) in [6.07, 6.45) is 13.1. The lowest BCUT2D eigenvalue weighted by atomic mass is 9.61. The van der Waals surface area contributed by atoms with Gasteiger partial charge in [-0.2, -0.15) is 0 Å². The molecule has 1 saturated heterocycles. The molecule has 0 aromatic heterocycles. The molecule has 2 saturated carbocycles. The number of rotatable bonds is 3. The second-order valence-electron chi connectivity index (χ2n) is 8.39. The minimum Gasteiger partial charge on any atom is -0.329 e. The third-order valence-electron chi connectivity index (χ3n) is 7.02. The second kappa shape index (κ2) is 5.61. The maximum Gasteiger partial charge on any atom is 0.0337 e. The van der Waals surface area contributed by atoms with E-state index in [4.69, 9.17) is 5.73 Å². The van der Waals surface area contributed by atoms with E-state index in [1.54, 1.807) is 0 Å². The second-order valence-corrected chi connectivity index (χ2v) is 8.39. The quantitative estimate of drug-likeness (QED) is 0.851. The Bertz CT molecular complexity index is 314. The first-order chi connectivity index (χ1) is 9.59. The fourth-order valence-electron chi connectivity index (χ4n) is 5.20. The largest absolute Gasteiger partial charge is 0.329 e. The number of nitrogens with two attached hydrogens (primary N) is 1. The van der Waals surface area contributed by atoms with Crippen LogP contribution in [0.25, 0.3) is 0 Å². The fourth-order valence-corrected chi connectivity index (χ4v) is 5.20. The van der Waals surface area contributed by atoms with E-state index in [9.17, 15) is 0 Å². The molecule has 0 radical (unpaired) electrons. The van der Waals surface area contributed by atoms with Gasteiger partial charge < -0.3 is 5.73 Å². The Balaban J connectivity index is 1.57. The van der Waals surface area contributed by atoms with Crippen LogP contribution in [0.3, 0.4) is 0 Å². The van der Waals surface area contributed by atoms with Gasteiger partial charge in [0.1, 0.15) is 0 Å². The van der Waals surface area contributed by atoms with Crippen molar-refractivity contribution in [3.8, 4) is 0 Å². The van der Waals surface area contributed by atoms with Crippen LogP contribution in [-0.4, -0.2) is 30.1 Å². The lowest BCUT2D eigenvalue weighted by Crippen LogP contribution is -2.64. The highest BCUT2D eigenvalue weighted by Gasteiger charge is 2.50. The van der Waals surface area contributed by atoms with Crippen LogP contribution in [0.15, 0.2) is 0 Å². The molecule has 2 heteroatoms. The van der Waals surface area contributed by atoms with Crippen LogP contribution >= 0.6 is 0 Å². The summed E-state index contributed by atoms with van der Waals surface area (Å²) in [5.41, 5.74) is 7.30. The zero-order chi connectivity index (χ0) is 14.2. The average molecular weight is 278 g/mol. The van der Waals surface area contributed by atoms with E-state index < -0.39 is 0 Å². The standard InChI is InChI=1S/C18H34N2/c1-15(2)16-12-18(13-16,14-19)20-10-8-17(9-11-20)6-4-3-5-7-17/h15-16H,3-14,19H2,1-2H3. The first kappa shape index (κ1) is 14.8. The van der Waals surface area contributed by atoms with Crippen molar-refractivity contribution in [2.75, 3.05) is 19.6 Å². The molecule has 1 heterocycles. The van der Waals surface area contributed by atoms with Gasteiger partial charge in [-0.15, -0.1) is 0 Å². The van der Waals surface area contributed by atoms with Crippen LogP contribution in [0.2, 0.25) is 0 Å². The highest BCUT2D eigenvalue weighted by molar-refractivity contribution is 5.06. The third-order valence-corrected chi connectivity index (χ3v) is 7.02. The van der Waals surface area contributed by atoms with Crippen molar-refractivity contribution in [1.82, 2.24) is 4.90 Å². The number of hydrogen-bond donors (Lipinski definition) is 1. The van der Waals surface area contributed by atoms with Gasteiger partial charge in [0.05, 0.1) is 0 Å². The van der Waals surface area contributed by atoms with Crippen LogP contribution in [0.5, 0.6) is 0 Å². The summed E-state index contributed by atoms with van der Waals surface area (Å²) in [4.78, 5) is 2.78. The SMILES string of the molecule is CC(C)C1CC(CN)(N2CCC3(CCCCC3)CC2)C1.